The van der Waals surface area contributed by atoms with E-state index < -0.39 is 12.0 Å². The van der Waals surface area contributed by atoms with E-state index in [0.717, 1.165) is 13.0 Å². The van der Waals surface area contributed by atoms with Crippen LogP contribution in [0.2, 0.25) is 0 Å². The normalized spacial score (nSPS) is 22.3. The molecule has 2 fully saturated rings. The minimum absolute atomic E-state index is 0.255. The molecule has 0 aliphatic carbocycles. The smallest absolute Gasteiger partial charge is 0.319 e. The van der Waals surface area contributed by atoms with E-state index in [4.69, 9.17) is 30.4 Å². The number of imidazole rings is 1. The van der Waals surface area contributed by atoms with E-state index in [0.29, 0.717) is 52.9 Å². The van der Waals surface area contributed by atoms with Crippen molar-refractivity contribution in [2.24, 2.45) is 0 Å². The maximum atomic E-state index is 12.4. The highest BCUT2D eigenvalue weighted by atomic mass is 16.8. The summed E-state index contributed by atoms with van der Waals surface area (Å²) in [5, 5.41) is 5.74. The largest absolute Gasteiger partial charge is 0.455 e. The molecule has 14 heteroatoms. The maximum absolute atomic E-state index is 12.4. The molecular weight excluding hydrogens is 566 g/mol. The van der Waals surface area contributed by atoms with Gasteiger partial charge in [-0.15, -0.1) is 0 Å². The van der Waals surface area contributed by atoms with Crippen LogP contribution < -0.4 is 26.8 Å². The van der Waals surface area contributed by atoms with E-state index in [9.17, 15) is 4.79 Å². The summed E-state index contributed by atoms with van der Waals surface area (Å²) in [5.74, 6) is 0.758. The zero-order chi connectivity index (χ0) is 30.8. The third kappa shape index (κ3) is 6.38. The quantitative estimate of drug-likeness (QED) is 0.154. The second-order valence-electron chi connectivity index (χ2n) is 11.4. The number of hydrogen-bond donors (Lipinski definition) is 4. The Balaban J connectivity index is 0.971. The van der Waals surface area contributed by atoms with Gasteiger partial charge in [-0.3, -0.25) is 4.57 Å². The Morgan fingerprint density at radius 3 is 2.64 bits per heavy atom. The Kier molecular flexibility index (Phi) is 8.23. The van der Waals surface area contributed by atoms with E-state index in [2.05, 4.69) is 30.5 Å². The number of aromatic nitrogens is 4. The van der Waals surface area contributed by atoms with Gasteiger partial charge < -0.3 is 45.9 Å². The summed E-state index contributed by atoms with van der Waals surface area (Å²) in [6, 6.07) is 14.1. The van der Waals surface area contributed by atoms with Gasteiger partial charge in [0.25, 0.3) is 0 Å². The molecule has 2 aliphatic heterocycles. The summed E-state index contributed by atoms with van der Waals surface area (Å²) in [6.07, 6.45) is 2.44. The second-order valence-corrected chi connectivity index (χ2v) is 11.4. The SMILES string of the molecule is CN(CCCNC(=O)Nc1ccc(Oc2ccccc2N)cc1)C[C@H]1OC(n2cnc3c(N)ncnc32)[C@@H]2OC(C)(C)O[C@H]12. The predicted molar refractivity (Wildman–Crippen MR) is 164 cm³/mol. The number of fused-ring (bicyclic) bond motifs is 2. The number of urea groups is 1. The molecule has 1 unspecified atom stereocenters. The zero-order valence-corrected chi connectivity index (χ0v) is 24.8. The Hall–Kier alpha value is -4.50. The van der Waals surface area contributed by atoms with E-state index in [1.54, 1.807) is 42.7 Å². The Morgan fingerprint density at radius 2 is 1.84 bits per heavy atom. The van der Waals surface area contributed by atoms with Crippen molar-refractivity contribution in [3.05, 3.63) is 61.2 Å². The van der Waals surface area contributed by atoms with Crippen molar-refractivity contribution in [2.75, 3.05) is 43.5 Å². The molecule has 6 N–H and O–H groups in total. The van der Waals surface area contributed by atoms with Gasteiger partial charge in [0.15, 0.2) is 23.5 Å². The fourth-order valence-electron chi connectivity index (χ4n) is 5.52. The predicted octanol–water partition coefficient (Wildman–Crippen LogP) is 3.34. The highest BCUT2D eigenvalue weighted by Crippen LogP contribution is 2.44. The standard InChI is InChI=1S/C30H37N9O5/c1-30(2)43-24-22(42-28(25(24)44-30)39-17-36-23-26(32)34-16-35-27(23)39)15-38(3)14-6-13-33-29(40)37-18-9-11-19(12-10-18)41-21-8-5-4-7-20(21)31/h4-5,7-12,16-17,22,24-25,28H,6,13-15,31H2,1-3H3,(H2,32,34,35)(H2,33,37,40)/t22-,24-,25-,28?/m1/s1. The lowest BCUT2D eigenvalue weighted by Gasteiger charge is -2.27. The summed E-state index contributed by atoms with van der Waals surface area (Å²) in [4.78, 5) is 27.4. The Morgan fingerprint density at radius 1 is 1.07 bits per heavy atom. The number of hydrogen-bond acceptors (Lipinski definition) is 11. The molecule has 0 bridgehead atoms. The number of carbonyl (C=O) groups is 1. The van der Waals surface area contributed by atoms with Crippen LogP contribution in [-0.2, 0) is 14.2 Å². The van der Waals surface area contributed by atoms with E-state index in [1.807, 2.05) is 37.6 Å². The van der Waals surface area contributed by atoms with Crippen LogP contribution in [0.3, 0.4) is 0 Å². The summed E-state index contributed by atoms with van der Waals surface area (Å²) in [6.45, 7) is 5.64. The van der Waals surface area contributed by atoms with Gasteiger partial charge in [0, 0.05) is 18.8 Å². The molecule has 0 saturated carbocycles. The Bertz CT molecular complexity index is 1610. The number of nitrogens with one attached hydrogen (secondary N) is 2. The summed E-state index contributed by atoms with van der Waals surface area (Å²) >= 11 is 0. The molecule has 2 amide bonds. The third-order valence-corrected chi connectivity index (χ3v) is 7.54. The first-order valence-corrected chi connectivity index (χ1v) is 14.5. The first kappa shape index (κ1) is 29.6. The maximum Gasteiger partial charge on any atom is 0.319 e. The average molecular weight is 604 g/mol. The lowest BCUT2D eigenvalue weighted by Crippen LogP contribution is -2.39. The summed E-state index contributed by atoms with van der Waals surface area (Å²) < 4.78 is 26.6. The highest BCUT2D eigenvalue weighted by molar-refractivity contribution is 5.89. The number of amides is 2. The van der Waals surface area contributed by atoms with Crippen molar-refractivity contribution in [3.63, 3.8) is 0 Å². The molecule has 0 spiro atoms. The van der Waals surface area contributed by atoms with Crippen molar-refractivity contribution in [2.45, 2.75) is 50.6 Å². The van der Waals surface area contributed by atoms with Gasteiger partial charge in [-0.2, -0.15) is 0 Å². The molecule has 4 atom stereocenters. The molecule has 4 aromatic rings. The number of nitrogen functional groups attached to an aromatic ring is 2. The number of carbonyl (C=O) groups excluding carboxylic acids is 1. The molecular formula is C30H37N9O5. The molecule has 2 aromatic carbocycles. The van der Waals surface area contributed by atoms with Gasteiger partial charge in [0.1, 0.15) is 41.7 Å². The van der Waals surface area contributed by atoms with Crippen LogP contribution in [0.15, 0.2) is 61.2 Å². The number of para-hydroxylation sites is 2. The minimum atomic E-state index is -0.751. The Labute approximate surface area is 254 Å². The summed E-state index contributed by atoms with van der Waals surface area (Å²) in [7, 11) is 2.01. The van der Waals surface area contributed by atoms with Gasteiger partial charge in [0.2, 0.25) is 0 Å². The van der Waals surface area contributed by atoms with Crippen LogP contribution in [0.25, 0.3) is 11.2 Å². The summed E-state index contributed by atoms with van der Waals surface area (Å²) in [5.41, 5.74) is 14.2. The van der Waals surface area contributed by atoms with Crippen LogP contribution in [0, 0.1) is 0 Å². The number of anilines is 3. The van der Waals surface area contributed by atoms with Crippen LogP contribution in [0.4, 0.5) is 22.0 Å². The number of nitrogens with two attached hydrogens (primary N) is 2. The van der Waals surface area contributed by atoms with Gasteiger partial charge in [-0.1, -0.05) is 12.1 Å². The number of rotatable bonds is 10. The van der Waals surface area contributed by atoms with Crippen LogP contribution in [0.1, 0.15) is 26.5 Å². The molecule has 2 aromatic heterocycles. The third-order valence-electron chi connectivity index (χ3n) is 7.54. The number of ether oxygens (including phenoxy) is 4. The molecule has 6 rings (SSSR count). The van der Waals surface area contributed by atoms with Crippen LogP contribution >= 0.6 is 0 Å². The van der Waals surface area contributed by atoms with E-state index >= 15 is 0 Å². The van der Waals surface area contributed by atoms with Crippen molar-refractivity contribution >= 4 is 34.4 Å². The lowest BCUT2D eigenvalue weighted by atomic mass is 10.1. The number of likely N-dealkylation sites (N-methyl/N-ethyl adjacent to an activating group) is 1. The minimum Gasteiger partial charge on any atom is -0.455 e. The highest BCUT2D eigenvalue weighted by Gasteiger charge is 2.56. The molecule has 232 valence electrons. The topological polar surface area (TPSA) is 177 Å². The number of nitrogens with zero attached hydrogens (tertiary/aromatic N) is 5. The van der Waals surface area contributed by atoms with Gasteiger partial charge in [0.05, 0.1) is 12.0 Å². The van der Waals surface area contributed by atoms with Crippen molar-refractivity contribution in [1.29, 1.82) is 0 Å². The molecule has 2 aliphatic rings. The van der Waals surface area contributed by atoms with Gasteiger partial charge in [-0.05, 0) is 70.3 Å². The molecule has 4 heterocycles. The molecule has 0 radical (unpaired) electrons. The molecule has 44 heavy (non-hydrogen) atoms. The monoisotopic (exact) mass is 603 g/mol. The van der Waals surface area contributed by atoms with Crippen LogP contribution in [-0.4, -0.2) is 81.2 Å². The zero-order valence-electron chi connectivity index (χ0n) is 24.8. The molecule has 14 nitrogen and oxygen atoms in total. The van der Waals surface area contributed by atoms with Gasteiger partial charge in [-0.25, -0.2) is 19.7 Å². The van der Waals surface area contributed by atoms with E-state index in [1.165, 1.54) is 6.33 Å². The molecule has 2 saturated heterocycles. The fourth-order valence-corrected chi connectivity index (χ4v) is 5.52. The second kappa shape index (κ2) is 12.2. The lowest BCUT2D eigenvalue weighted by molar-refractivity contribution is -0.197. The number of benzene rings is 2. The van der Waals surface area contributed by atoms with Crippen molar-refractivity contribution in [3.8, 4) is 11.5 Å². The van der Waals surface area contributed by atoms with Crippen molar-refractivity contribution < 1.29 is 23.7 Å². The average Bonchev–Trinajstić information content (AvgIpc) is 3.65. The van der Waals surface area contributed by atoms with Gasteiger partial charge >= 0.3 is 6.03 Å². The van der Waals surface area contributed by atoms with Crippen molar-refractivity contribution in [1.82, 2.24) is 29.7 Å². The first-order chi connectivity index (χ1) is 21.2. The fraction of sp³-hybridized carbons (Fsp3) is 0.400. The first-order valence-electron chi connectivity index (χ1n) is 14.5. The van der Waals surface area contributed by atoms with E-state index in [-0.39, 0.29) is 24.3 Å². The van der Waals surface area contributed by atoms with Crippen LogP contribution in [0.5, 0.6) is 11.5 Å².